The monoisotopic (exact) mass is 523 g/mol. The van der Waals surface area contributed by atoms with Crippen LogP contribution in [0.5, 0.6) is 0 Å². The van der Waals surface area contributed by atoms with Crippen LogP contribution in [0, 0.1) is 0 Å². The summed E-state index contributed by atoms with van der Waals surface area (Å²) in [5.74, 6) is 0. The zero-order valence-corrected chi connectivity index (χ0v) is 20.2. The number of nitrogens with one attached hydrogen (secondary N) is 1. The maximum atomic E-state index is 11.1. The van der Waals surface area contributed by atoms with Crippen molar-refractivity contribution in [2.24, 2.45) is 22.9 Å². The zero-order valence-electron chi connectivity index (χ0n) is 20.2. The molecule has 15 nitrogen and oxygen atoms in total. The minimum Gasteiger partial charge on any atom is -0.394 e. The van der Waals surface area contributed by atoms with E-state index in [1.165, 1.54) is 0 Å². The van der Waals surface area contributed by atoms with Crippen LogP contribution in [0.4, 0.5) is 0 Å². The largest absolute Gasteiger partial charge is 0.394 e. The number of aliphatic hydroxyl groups is 5. The highest BCUT2D eigenvalue weighted by molar-refractivity contribution is 5.00. The number of rotatable bonds is 6. The average molecular weight is 524 g/mol. The third-order valence-electron chi connectivity index (χ3n) is 7.57. The molecule has 0 spiro atoms. The van der Waals surface area contributed by atoms with Gasteiger partial charge in [0, 0.05) is 12.1 Å². The molecule has 0 radical (unpaired) electrons. The quantitative estimate of drug-likeness (QED) is 0.155. The molecular weight excluding hydrogens is 482 g/mol. The fourth-order valence-electron chi connectivity index (χ4n) is 5.49. The van der Waals surface area contributed by atoms with Gasteiger partial charge in [0.25, 0.3) is 0 Å². The maximum absolute atomic E-state index is 11.1. The Morgan fingerprint density at radius 2 is 1.53 bits per heavy atom. The highest BCUT2D eigenvalue weighted by atomic mass is 16.8. The molecular formula is C21H41N5O10. The first-order valence-corrected chi connectivity index (χ1v) is 12.4. The molecule has 0 aromatic carbocycles. The Balaban J connectivity index is 1.43. The van der Waals surface area contributed by atoms with Gasteiger partial charge in [0.1, 0.15) is 36.6 Å². The lowest BCUT2D eigenvalue weighted by Gasteiger charge is -2.51. The summed E-state index contributed by atoms with van der Waals surface area (Å²) >= 11 is 0. The molecule has 14 N–H and O–H groups in total. The summed E-state index contributed by atoms with van der Waals surface area (Å²) in [6.45, 7) is -0.492. The van der Waals surface area contributed by atoms with Crippen molar-refractivity contribution in [1.29, 1.82) is 0 Å². The number of ether oxygens (including phenoxy) is 5. The predicted molar refractivity (Wildman–Crippen MR) is 122 cm³/mol. The van der Waals surface area contributed by atoms with Gasteiger partial charge in [0.05, 0.1) is 36.9 Å². The summed E-state index contributed by atoms with van der Waals surface area (Å²) in [6.07, 6.45) is -10.6. The molecule has 3 heterocycles. The van der Waals surface area contributed by atoms with E-state index in [1.807, 2.05) is 0 Å². The smallest absolute Gasteiger partial charge is 0.189 e. The summed E-state index contributed by atoms with van der Waals surface area (Å²) in [4.78, 5) is 0. The Bertz CT molecular complexity index is 713. The van der Waals surface area contributed by atoms with E-state index >= 15 is 0 Å². The predicted octanol–water partition coefficient (Wildman–Crippen LogP) is -5.92. The van der Waals surface area contributed by atoms with Crippen LogP contribution < -0.4 is 28.3 Å². The first kappa shape index (κ1) is 28.4. The van der Waals surface area contributed by atoms with Gasteiger partial charge in [0.2, 0.25) is 0 Å². The summed E-state index contributed by atoms with van der Waals surface area (Å²) in [5, 5.41) is 54.6. The fourth-order valence-corrected chi connectivity index (χ4v) is 5.49. The van der Waals surface area contributed by atoms with Crippen molar-refractivity contribution in [2.45, 2.75) is 117 Å². The van der Waals surface area contributed by atoms with E-state index in [2.05, 4.69) is 5.32 Å². The molecule has 3 aliphatic heterocycles. The Morgan fingerprint density at radius 3 is 2.17 bits per heavy atom. The van der Waals surface area contributed by atoms with Crippen molar-refractivity contribution in [1.82, 2.24) is 5.32 Å². The molecule has 1 aliphatic carbocycles. The van der Waals surface area contributed by atoms with Crippen molar-refractivity contribution in [3.63, 3.8) is 0 Å². The van der Waals surface area contributed by atoms with E-state index in [0.29, 0.717) is 12.8 Å². The van der Waals surface area contributed by atoms with Gasteiger partial charge < -0.3 is 77.5 Å². The molecule has 4 fully saturated rings. The minimum absolute atomic E-state index is 0.223. The van der Waals surface area contributed by atoms with Crippen molar-refractivity contribution in [3.8, 4) is 0 Å². The Morgan fingerprint density at radius 1 is 0.806 bits per heavy atom. The van der Waals surface area contributed by atoms with E-state index in [-0.39, 0.29) is 12.5 Å². The molecule has 1 saturated carbocycles. The zero-order chi connectivity index (χ0) is 26.3. The Labute approximate surface area is 208 Å². The van der Waals surface area contributed by atoms with Gasteiger partial charge in [-0.1, -0.05) is 0 Å². The molecule has 15 heteroatoms. The molecule has 0 aromatic rings. The number of aliphatic hydroxyl groups excluding tert-OH is 5. The van der Waals surface area contributed by atoms with Gasteiger partial charge in [-0.15, -0.1) is 0 Å². The summed E-state index contributed by atoms with van der Waals surface area (Å²) in [7, 11) is 1.58. The highest BCUT2D eigenvalue weighted by Crippen LogP contribution is 2.35. The first-order valence-electron chi connectivity index (χ1n) is 12.4. The Hall–Kier alpha value is -0.600. The minimum atomic E-state index is -1.51. The molecule has 10 unspecified atom stereocenters. The molecule has 210 valence electrons. The highest BCUT2D eigenvalue weighted by Gasteiger charge is 2.53. The van der Waals surface area contributed by atoms with Gasteiger partial charge >= 0.3 is 0 Å². The van der Waals surface area contributed by atoms with E-state index in [1.54, 1.807) is 7.05 Å². The van der Waals surface area contributed by atoms with Crippen LogP contribution >= 0.6 is 0 Å². The second-order valence-corrected chi connectivity index (χ2v) is 10.2. The molecule has 0 aromatic heterocycles. The molecule has 16 atom stereocenters. The van der Waals surface area contributed by atoms with Crippen LogP contribution in [0.2, 0.25) is 0 Å². The lowest BCUT2D eigenvalue weighted by molar-refractivity contribution is -0.372. The second-order valence-electron chi connectivity index (χ2n) is 10.2. The normalized spacial score (nSPS) is 54.2. The summed E-state index contributed by atoms with van der Waals surface area (Å²) in [5.41, 5.74) is 24.2. The lowest BCUT2D eigenvalue weighted by Crippen LogP contribution is -2.70. The molecule has 4 aliphatic rings. The van der Waals surface area contributed by atoms with Gasteiger partial charge in [-0.2, -0.15) is 0 Å². The number of hydrogen-bond donors (Lipinski definition) is 10. The molecule has 4 rings (SSSR count). The van der Waals surface area contributed by atoms with Crippen LogP contribution in [0.3, 0.4) is 0 Å². The third kappa shape index (κ3) is 5.56. The maximum Gasteiger partial charge on any atom is 0.189 e. The van der Waals surface area contributed by atoms with Crippen LogP contribution in [-0.4, -0.2) is 137 Å². The van der Waals surface area contributed by atoms with Gasteiger partial charge in [-0.05, 0) is 26.3 Å². The summed E-state index contributed by atoms with van der Waals surface area (Å²) < 4.78 is 29.4. The molecule has 36 heavy (non-hydrogen) atoms. The average Bonchev–Trinajstić information content (AvgIpc) is 2.82. The van der Waals surface area contributed by atoms with E-state index in [4.69, 9.17) is 46.6 Å². The molecule has 0 amide bonds. The van der Waals surface area contributed by atoms with Crippen molar-refractivity contribution in [2.75, 3.05) is 13.7 Å². The number of nitrogens with two attached hydrogens (primary N) is 4. The molecule has 3 saturated heterocycles. The van der Waals surface area contributed by atoms with Crippen LogP contribution in [0.25, 0.3) is 0 Å². The first-order chi connectivity index (χ1) is 17.0. The number of likely N-dealkylation sites (N-methyl/N-ethyl adjacent to an activating group) is 1. The Kier molecular flexibility index (Phi) is 9.19. The van der Waals surface area contributed by atoms with E-state index in [0.717, 1.165) is 0 Å². The van der Waals surface area contributed by atoms with E-state index < -0.39 is 98.5 Å². The van der Waals surface area contributed by atoms with Crippen LogP contribution in [-0.2, 0) is 23.7 Å². The van der Waals surface area contributed by atoms with Gasteiger partial charge in [0.15, 0.2) is 18.9 Å². The van der Waals surface area contributed by atoms with E-state index in [9.17, 15) is 25.5 Å². The van der Waals surface area contributed by atoms with Crippen molar-refractivity contribution in [3.05, 3.63) is 0 Å². The molecule has 0 bridgehead atoms. The fraction of sp³-hybridized carbons (Fsp3) is 1.00. The van der Waals surface area contributed by atoms with Crippen molar-refractivity contribution < 1.29 is 49.2 Å². The second kappa shape index (κ2) is 11.6. The van der Waals surface area contributed by atoms with Crippen LogP contribution in [0.15, 0.2) is 0 Å². The SMILES string of the molecule is CNC1C(O[C@H]2OC(CO)[C@@H](N)C(O)C2O)O[C@H]2CC(N)[C@@H](O[C@@H]3C(N)C[C@@H](N)CC3O)OC2C1O. The van der Waals surface area contributed by atoms with Crippen molar-refractivity contribution >= 4 is 0 Å². The summed E-state index contributed by atoms with van der Waals surface area (Å²) in [6, 6.07) is -3.24. The lowest BCUT2D eigenvalue weighted by atomic mass is 9.86. The number of hydrogen-bond acceptors (Lipinski definition) is 15. The topological polar surface area (TPSA) is 263 Å². The number of fused-ring (bicyclic) bond motifs is 1. The van der Waals surface area contributed by atoms with Crippen LogP contribution in [0.1, 0.15) is 19.3 Å². The third-order valence-corrected chi connectivity index (χ3v) is 7.57. The van der Waals surface area contributed by atoms with Gasteiger partial charge in [-0.25, -0.2) is 0 Å². The van der Waals surface area contributed by atoms with Gasteiger partial charge in [-0.3, -0.25) is 0 Å². The standard InChI is InChI=1S/C21H41N5O10/c1-26-13-15(30)18-10(32-20(13)36-21-16(31)14(29)12(25)11(5-27)33-21)4-8(24)19(35-18)34-17-7(23)2-6(22)3-9(17)28/h6-21,26-31H,2-5,22-25H2,1H3/t6-,7?,8?,9?,10+,11?,12-,13?,14?,15?,16?,17-,18?,19+,20?,21-/m1/s1.